The number of aliphatic carboxylic acids is 1. The second kappa shape index (κ2) is 20.0. The molecule has 0 bridgehead atoms. The number of rotatable bonds is 17. The molecule has 26 heavy (non-hydrogen) atoms. The maximum Gasteiger partial charge on any atom is 0.323 e. The number of carbonyl (C=O) groups is 2. The monoisotopic (exact) mass is 371 g/mol. The van der Waals surface area contributed by atoms with Gasteiger partial charge in [-0.2, -0.15) is 0 Å². The van der Waals surface area contributed by atoms with Crippen molar-refractivity contribution in [2.45, 2.75) is 96.8 Å². The maximum atomic E-state index is 11.7. The molecular formula is C21H43N2O3+. The second-order valence-electron chi connectivity index (χ2n) is 6.98. The highest BCUT2D eigenvalue weighted by Gasteiger charge is 2.10. The predicted octanol–water partition coefficient (Wildman–Crippen LogP) is 5.94. The highest BCUT2D eigenvalue weighted by Crippen LogP contribution is 2.10. The normalized spacial score (nSPS) is 10.7. The van der Waals surface area contributed by atoms with E-state index in [1.807, 2.05) is 0 Å². The molecule has 1 amide bonds. The summed E-state index contributed by atoms with van der Waals surface area (Å²) in [5.74, 6) is -1.03. The molecule has 5 heteroatoms. The Labute approximate surface area is 160 Å². The van der Waals surface area contributed by atoms with E-state index in [0.29, 0.717) is 6.42 Å². The Morgan fingerprint density at radius 3 is 1.77 bits per heavy atom. The van der Waals surface area contributed by atoms with Gasteiger partial charge in [0.2, 0.25) is 5.91 Å². The first-order valence-electron chi connectivity index (χ1n) is 10.2. The van der Waals surface area contributed by atoms with E-state index in [1.54, 1.807) is 7.05 Å². The minimum absolute atomic E-state index is 0. The van der Waals surface area contributed by atoms with Crippen molar-refractivity contribution in [3.05, 3.63) is 12.2 Å². The number of hydrogen-bond acceptors (Lipinski definition) is 2. The first-order valence-corrected chi connectivity index (χ1v) is 10.2. The first-order chi connectivity index (χ1) is 12.1. The van der Waals surface area contributed by atoms with Gasteiger partial charge in [-0.05, 0) is 32.1 Å². The lowest BCUT2D eigenvalue weighted by Crippen LogP contribution is -2.31. The molecule has 0 unspecified atom stereocenters. The lowest BCUT2D eigenvalue weighted by atomic mass is 10.1. The third-order valence-electron chi connectivity index (χ3n) is 4.45. The van der Waals surface area contributed by atoms with Crippen LogP contribution in [0.3, 0.4) is 0 Å². The average Bonchev–Trinajstić information content (AvgIpc) is 2.57. The largest absolute Gasteiger partial charge is 0.480 e. The van der Waals surface area contributed by atoms with E-state index in [0.717, 1.165) is 25.7 Å². The molecule has 0 fully saturated rings. The van der Waals surface area contributed by atoms with Gasteiger partial charge >= 0.3 is 5.97 Å². The zero-order valence-corrected chi connectivity index (χ0v) is 17.5. The second-order valence-corrected chi connectivity index (χ2v) is 6.98. The molecule has 0 saturated carbocycles. The Balaban J connectivity index is 0. The fraction of sp³-hybridized carbons (Fsp3) is 0.810. The molecule has 5 nitrogen and oxygen atoms in total. The van der Waals surface area contributed by atoms with Gasteiger partial charge in [-0.15, -0.1) is 0 Å². The van der Waals surface area contributed by atoms with Crippen LogP contribution in [-0.2, 0) is 9.59 Å². The van der Waals surface area contributed by atoms with Crippen LogP contribution >= 0.6 is 0 Å². The summed E-state index contributed by atoms with van der Waals surface area (Å²) in [6, 6.07) is 0. The molecule has 0 aromatic carbocycles. The number of quaternary nitrogens is 1. The molecule has 0 saturated heterocycles. The van der Waals surface area contributed by atoms with Crippen molar-refractivity contribution in [2.75, 3.05) is 13.6 Å². The highest BCUT2D eigenvalue weighted by atomic mass is 16.4. The summed E-state index contributed by atoms with van der Waals surface area (Å²) < 4.78 is 0. The number of carboxylic acids is 1. The Morgan fingerprint density at radius 2 is 1.27 bits per heavy atom. The van der Waals surface area contributed by atoms with E-state index in [9.17, 15) is 9.59 Å². The van der Waals surface area contributed by atoms with Crippen molar-refractivity contribution in [2.24, 2.45) is 0 Å². The van der Waals surface area contributed by atoms with Gasteiger partial charge in [0.05, 0.1) is 0 Å². The Morgan fingerprint density at radius 1 is 0.808 bits per heavy atom. The van der Waals surface area contributed by atoms with Gasteiger partial charge in [-0.25, -0.2) is 0 Å². The molecule has 5 N–H and O–H groups in total. The number of carboxylic acid groups (broad SMARTS) is 1. The molecule has 0 heterocycles. The summed E-state index contributed by atoms with van der Waals surface area (Å²) >= 11 is 0. The van der Waals surface area contributed by atoms with Crippen LogP contribution < -0.4 is 6.15 Å². The number of allylic oxidation sites excluding steroid dienone is 2. The summed E-state index contributed by atoms with van der Waals surface area (Å²) in [5.41, 5.74) is 0. The van der Waals surface area contributed by atoms with Gasteiger partial charge in [0, 0.05) is 13.5 Å². The molecular weight excluding hydrogens is 328 g/mol. The molecule has 0 aromatic rings. The van der Waals surface area contributed by atoms with Crippen LogP contribution in [0.15, 0.2) is 12.2 Å². The molecule has 0 aliphatic carbocycles. The topological polar surface area (TPSA) is 94.1 Å². The number of amides is 1. The minimum Gasteiger partial charge on any atom is -0.480 e. The molecule has 0 rings (SSSR count). The van der Waals surface area contributed by atoms with Crippen LogP contribution in [0.1, 0.15) is 96.8 Å². The fourth-order valence-electron chi connectivity index (χ4n) is 2.83. The number of unbranched alkanes of at least 4 members (excludes halogenated alkanes) is 11. The van der Waals surface area contributed by atoms with Gasteiger partial charge in [0.25, 0.3) is 0 Å². The van der Waals surface area contributed by atoms with E-state index in [1.165, 1.54) is 62.7 Å². The Bertz CT molecular complexity index is 370. The van der Waals surface area contributed by atoms with Crippen LogP contribution in [0, 0.1) is 0 Å². The van der Waals surface area contributed by atoms with E-state index in [4.69, 9.17) is 5.11 Å². The van der Waals surface area contributed by atoms with Crippen molar-refractivity contribution in [3.8, 4) is 0 Å². The lowest BCUT2D eigenvalue weighted by molar-refractivity contribution is -0.143. The maximum absolute atomic E-state index is 11.7. The van der Waals surface area contributed by atoms with Crippen LogP contribution in [0.4, 0.5) is 0 Å². The molecule has 154 valence electrons. The van der Waals surface area contributed by atoms with Crippen molar-refractivity contribution in [1.29, 1.82) is 0 Å². The van der Waals surface area contributed by atoms with Gasteiger partial charge in [-0.3, -0.25) is 9.59 Å². The summed E-state index contributed by atoms with van der Waals surface area (Å²) in [4.78, 5) is 23.5. The van der Waals surface area contributed by atoms with Crippen molar-refractivity contribution in [1.82, 2.24) is 11.1 Å². The van der Waals surface area contributed by atoms with Crippen LogP contribution in [0.25, 0.3) is 0 Å². The SMILES string of the molecule is CCCCCCCC/C=C/CCCCCCCC(=O)N(C)CC(=O)O.[NH4+]. The summed E-state index contributed by atoms with van der Waals surface area (Å²) in [6.07, 6.45) is 21.1. The molecule has 0 aliphatic rings. The Kier molecular flexibility index (Phi) is 20.6. The van der Waals surface area contributed by atoms with Gasteiger partial charge in [0.1, 0.15) is 6.54 Å². The van der Waals surface area contributed by atoms with Crippen molar-refractivity contribution < 1.29 is 14.7 Å². The smallest absolute Gasteiger partial charge is 0.323 e. The molecule has 0 atom stereocenters. The molecule has 0 radical (unpaired) electrons. The third kappa shape index (κ3) is 19.0. The summed E-state index contributed by atoms with van der Waals surface area (Å²) in [6.45, 7) is 2.05. The van der Waals surface area contributed by atoms with Crippen LogP contribution in [0.2, 0.25) is 0 Å². The number of nitrogens with zero attached hydrogens (tertiary/aromatic N) is 1. The molecule has 0 spiro atoms. The highest BCUT2D eigenvalue weighted by molar-refractivity contribution is 5.80. The molecule has 0 aromatic heterocycles. The van der Waals surface area contributed by atoms with Gasteiger partial charge < -0.3 is 16.2 Å². The summed E-state index contributed by atoms with van der Waals surface area (Å²) in [5, 5.41) is 8.64. The van der Waals surface area contributed by atoms with Crippen molar-refractivity contribution >= 4 is 11.9 Å². The van der Waals surface area contributed by atoms with E-state index in [2.05, 4.69) is 19.1 Å². The van der Waals surface area contributed by atoms with Crippen LogP contribution in [-0.4, -0.2) is 35.5 Å². The number of carbonyl (C=O) groups excluding carboxylic acids is 1. The first kappa shape index (κ1) is 26.9. The van der Waals surface area contributed by atoms with Gasteiger partial charge in [-0.1, -0.05) is 70.4 Å². The zero-order valence-electron chi connectivity index (χ0n) is 17.5. The fourth-order valence-corrected chi connectivity index (χ4v) is 2.83. The lowest BCUT2D eigenvalue weighted by Gasteiger charge is -2.14. The predicted molar refractivity (Wildman–Crippen MR) is 111 cm³/mol. The third-order valence-corrected chi connectivity index (χ3v) is 4.45. The minimum atomic E-state index is -0.958. The van der Waals surface area contributed by atoms with E-state index >= 15 is 0 Å². The quantitative estimate of drug-likeness (QED) is 0.244. The van der Waals surface area contributed by atoms with Crippen molar-refractivity contribution in [3.63, 3.8) is 0 Å². The van der Waals surface area contributed by atoms with E-state index in [-0.39, 0.29) is 18.6 Å². The number of likely N-dealkylation sites (N-methyl/N-ethyl adjacent to an activating group) is 1. The summed E-state index contributed by atoms with van der Waals surface area (Å²) in [7, 11) is 1.55. The average molecular weight is 372 g/mol. The number of hydrogen-bond donors (Lipinski definition) is 2. The van der Waals surface area contributed by atoms with Crippen LogP contribution in [0.5, 0.6) is 0 Å². The van der Waals surface area contributed by atoms with Gasteiger partial charge in [0.15, 0.2) is 0 Å². The van der Waals surface area contributed by atoms with E-state index < -0.39 is 5.97 Å². The Hall–Kier alpha value is -1.36. The zero-order chi connectivity index (χ0) is 18.8. The molecule has 0 aliphatic heterocycles. The standard InChI is InChI=1S/C21H39NO3.H3N/c1-3-4-5-6-7-8-9-10-11-12-13-14-15-16-17-18-20(23)22(2)19-21(24)25;/h10-11H,3-9,12-19H2,1-2H3,(H,24,25);1H3/p+1/b11-10+;.